The van der Waals surface area contributed by atoms with Crippen molar-refractivity contribution in [3.05, 3.63) is 12.7 Å². The lowest BCUT2D eigenvalue weighted by Gasteiger charge is -2.25. The number of rotatable bonds is 4. The highest BCUT2D eigenvalue weighted by Gasteiger charge is 2.30. The smallest absolute Gasteiger partial charge is 0.223 e. The van der Waals surface area contributed by atoms with Gasteiger partial charge in [0.05, 0.1) is 0 Å². The average molecular weight is 181 g/mol. The molecule has 0 aromatic rings. The number of carbonyl (C=O) groups is 1. The SMILES string of the molecule is C=CC1CC(=O)N(C(CC)CC)C1. The molecule has 1 saturated heterocycles. The van der Waals surface area contributed by atoms with E-state index in [4.69, 9.17) is 0 Å². The molecule has 1 aliphatic heterocycles. The van der Waals surface area contributed by atoms with Crippen LogP contribution in [0.25, 0.3) is 0 Å². The van der Waals surface area contributed by atoms with E-state index in [1.54, 1.807) is 0 Å². The third-order valence-corrected chi connectivity index (χ3v) is 2.90. The second-order valence-electron chi connectivity index (χ2n) is 3.72. The summed E-state index contributed by atoms with van der Waals surface area (Å²) < 4.78 is 0. The largest absolute Gasteiger partial charge is 0.339 e. The fourth-order valence-electron chi connectivity index (χ4n) is 2.00. The number of likely N-dealkylation sites (tertiary alicyclic amines) is 1. The monoisotopic (exact) mass is 181 g/mol. The second kappa shape index (κ2) is 4.45. The first-order valence-corrected chi connectivity index (χ1v) is 5.14. The molecule has 1 unspecified atom stereocenters. The number of carbonyl (C=O) groups excluding carboxylic acids is 1. The topological polar surface area (TPSA) is 20.3 Å². The molecule has 0 spiro atoms. The molecule has 13 heavy (non-hydrogen) atoms. The Balaban J connectivity index is 2.60. The fourth-order valence-corrected chi connectivity index (χ4v) is 2.00. The zero-order valence-electron chi connectivity index (χ0n) is 8.62. The lowest BCUT2D eigenvalue weighted by Crippen LogP contribution is -2.35. The highest BCUT2D eigenvalue weighted by Crippen LogP contribution is 2.23. The van der Waals surface area contributed by atoms with Crippen LogP contribution in [-0.2, 0) is 4.79 Å². The third-order valence-electron chi connectivity index (χ3n) is 2.90. The Morgan fingerprint density at radius 3 is 2.62 bits per heavy atom. The summed E-state index contributed by atoms with van der Waals surface area (Å²) in [5, 5.41) is 0. The molecule has 0 aliphatic carbocycles. The number of hydrogen-bond donors (Lipinski definition) is 0. The Hall–Kier alpha value is -0.790. The highest BCUT2D eigenvalue weighted by atomic mass is 16.2. The van der Waals surface area contributed by atoms with Crippen molar-refractivity contribution in [2.45, 2.75) is 39.2 Å². The Kier molecular flexibility index (Phi) is 3.52. The molecule has 74 valence electrons. The van der Waals surface area contributed by atoms with Crippen LogP contribution in [0.5, 0.6) is 0 Å². The summed E-state index contributed by atoms with van der Waals surface area (Å²) in [5.74, 6) is 0.687. The molecular formula is C11H19NO. The van der Waals surface area contributed by atoms with Gasteiger partial charge in [0.2, 0.25) is 5.91 Å². The van der Waals surface area contributed by atoms with Crippen molar-refractivity contribution in [1.29, 1.82) is 0 Å². The van der Waals surface area contributed by atoms with Crippen LogP contribution in [0.1, 0.15) is 33.1 Å². The van der Waals surface area contributed by atoms with E-state index < -0.39 is 0 Å². The van der Waals surface area contributed by atoms with Gasteiger partial charge in [0.1, 0.15) is 0 Å². The Labute approximate surface area is 80.6 Å². The minimum atomic E-state index is 0.304. The van der Waals surface area contributed by atoms with Gasteiger partial charge in [-0.15, -0.1) is 6.58 Å². The second-order valence-corrected chi connectivity index (χ2v) is 3.72. The molecule has 0 bridgehead atoms. The van der Waals surface area contributed by atoms with Crippen LogP contribution in [0.4, 0.5) is 0 Å². The quantitative estimate of drug-likeness (QED) is 0.609. The van der Waals surface area contributed by atoms with E-state index in [1.807, 2.05) is 11.0 Å². The van der Waals surface area contributed by atoms with Gasteiger partial charge in [0.15, 0.2) is 0 Å². The van der Waals surface area contributed by atoms with Crippen LogP contribution in [0.3, 0.4) is 0 Å². The maximum absolute atomic E-state index is 11.6. The lowest BCUT2D eigenvalue weighted by molar-refractivity contribution is -0.129. The molecule has 0 aromatic carbocycles. The minimum Gasteiger partial charge on any atom is -0.339 e. The van der Waals surface area contributed by atoms with Crippen LogP contribution in [0, 0.1) is 5.92 Å². The predicted octanol–water partition coefficient (Wildman–Crippen LogP) is 2.21. The maximum Gasteiger partial charge on any atom is 0.223 e. The van der Waals surface area contributed by atoms with Crippen molar-refractivity contribution in [2.24, 2.45) is 5.92 Å². The van der Waals surface area contributed by atoms with Crippen molar-refractivity contribution in [1.82, 2.24) is 4.90 Å². The van der Waals surface area contributed by atoms with E-state index in [2.05, 4.69) is 20.4 Å². The van der Waals surface area contributed by atoms with E-state index in [-0.39, 0.29) is 0 Å². The molecule has 1 amide bonds. The molecule has 0 radical (unpaired) electrons. The number of hydrogen-bond acceptors (Lipinski definition) is 1. The van der Waals surface area contributed by atoms with Crippen LogP contribution in [-0.4, -0.2) is 23.4 Å². The van der Waals surface area contributed by atoms with Gasteiger partial charge in [0, 0.05) is 24.9 Å². The van der Waals surface area contributed by atoms with Crippen molar-refractivity contribution in [2.75, 3.05) is 6.54 Å². The molecule has 1 heterocycles. The van der Waals surface area contributed by atoms with E-state index in [9.17, 15) is 4.79 Å². The molecule has 1 fully saturated rings. The van der Waals surface area contributed by atoms with Crippen molar-refractivity contribution in [3.63, 3.8) is 0 Å². The molecule has 1 atom stereocenters. The van der Waals surface area contributed by atoms with Gasteiger partial charge in [-0.1, -0.05) is 19.9 Å². The molecule has 1 rings (SSSR count). The van der Waals surface area contributed by atoms with Gasteiger partial charge in [-0.2, -0.15) is 0 Å². The van der Waals surface area contributed by atoms with Gasteiger partial charge in [-0.3, -0.25) is 4.79 Å². The summed E-state index contributed by atoms with van der Waals surface area (Å²) >= 11 is 0. The predicted molar refractivity (Wildman–Crippen MR) is 54.4 cm³/mol. The lowest BCUT2D eigenvalue weighted by atomic mass is 10.1. The molecule has 2 nitrogen and oxygen atoms in total. The van der Waals surface area contributed by atoms with E-state index in [0.717, 1.165) is 19.4 Å². The normalized spacial score (nSPS) is 22.8. The van der Waals surface area contributed by atoms with E-state index in [1.165, 1.54) is 0 Å². The molecular weight excluding hydrogens is 162 g/mol. The van der Waals surface area contributed by atoms with E-state index >= 15 is 0 Å². The summed E-state index contributed by atoms with van der Waals surface area (Å²) in [5.41, 5.74) is 0. The van der Waals surface area contributed by atoms with E-state index in [0.29, 0.717) is 24.3 Å². The summed E-state index contributed by atoms with van der Waals surface area (Å²) in [7, 11) is 0. The van der Waals surface area contributed by atoms with Gasteiger partial charge < -0.3 is 4.90 Å². The summed E-state index contributed by atoms with van der Waals surface area (Å²) in [6.45, 7) is 8.91. The van der Waals surface area contributed by atoms with Crippen LogP contribution in [0.2, 0.25) is 0 Å². The van der Waals surface area contributed by atoms with Gasteiger partial charge in [-0.05, 0) is 12.8 Å². The van der Waals surface area contributed by atoms with Crippen LogP contribution < -0.4 is 0 Å². The first kappa shape index (κ1) is 10.3. The third kappa shape index (κ3) is 2.11. The average Bonchev–Trinajstić information content (AvgIpc) is 2.50. The van der Waals surface area contributed by atoms with Crippen LogP contribution >= 0.6 is 0 Å². The summed E-state index contributed by atoms with van der Waals surface area (Å²) in [6, 6.07) is 0.442. The molecule has 0 aromatic heterocycles. The summed E-state index contributed by atoms with van der Waals surface area (Å²) in [6.07, 6.45) is 4.69. The first-order valence-electron chi connectivity index (χ1n) is 5.14. The summed E-state index contributed by atoms with van der Waals surface area (Å²) in [4.78, 5) is 13.6. The molecule has 0 N–H and O–H groups in total. The Morgan fingerprint density at radius 2 is 2.23 bits per heavy atom. The van der Waals surface area contributed by atoms with Crippen molar-refractivity contribution < 1.29 is 4.79 Å². The molecule has 2 heteroatoms. The van der Waals surface area contributed by atoms with Gasteiger partial charge in [0.25, 0.3) is 0 Å². The Bertz CT molecular complexity index is 196. The number of amides is 1. The standard InChI is InChI=1S/C11H19NO/c1-4-9-7-11(13)12(8-9)10(5-2)6-3/h4,9-10H,1,5-8H2,2-3H3. The zero-order chi connectivity index (χ0) is 9.84. The first-order chi connectivity index (χ1) is 6.22. The molecule has 1 aliphatic rings. The minimum absolute atomic E-state index is 0.304. The van der Waals surface area contributed by atoms with Crippen molar-refractivity contribution >= 4 is 5.91 Å². The Morgan fingerprint density at radius 1 is 1.62 bits per heavy atom. The zero-order valence-corrected chi connectivity index (χ0v) is 8.62. The fraction of sp³-hybridized carbons (Fsp3) is 0.727. The van der Waals surface area contributed by atoms with Gasteiger partial charge in [-0.25, -0.2) is 0 Å². The van der Waals surface area contributed by atoms with Crippen LogP contribution in [0.15, 0.2) is 12.7 Å². The van der Waals surface area contributed by atoms with Crippen molar-refractivity contribution in [3.8, 4) is 0 Å². The maximum atomic E-state index is 11.6. The molecule has 0 saturated carbocycles. The number of nitrogens with zero attached hydrogens (tertiary/aromatic N) is 1. The van der Waals surface area contributed by atoms with Gasteiger partial charge >= 0.3 is 0 Å². The highest BCUT2D eigenvalue weighted by molar-refractivity contribution is 5.79.